The van der Waals surface area contributed by atoms with Gasteiger partial charge in [-0.15, -0.1) is 0 Å². The van der Waals surface area contributed by atoms with E-state index in [2.05, 4.69) is 5.32 Å². The smallest absolute Gasteiger partial charge is 0.416 e. The Bertz CT molecular complexity index is 1080. The fourth-order valence-electron chi connectivity index (χ4n) is 3.81. The third-order valence-electron chi connectivity index (χ3n) is 5.46. The first kappa shape index (κ1) is 22.1. The van der Waals surface area contributed by atoms with Crippen LogP contribution >= 0.6 is 0 Å². The molecule has 0 spiro atoms. The number of alkyl halides is 3. The molecule has 0 radical (unpaired) electrons. The van der Waals surface area contributed by atoms with E-state index in [4.69, 9.17) is 9.88 Å². The number of nitrogens with one attached hydrogen (secondary N) is 1. The molecule has 2 unspecified atom stereocenters. The summed E-state index contributed by atoms with van der Waals surface area (Å²) in [4.78, 5) is 12.8. The van der Waals surface area contributed by atoms with Crippen molar-refractivity contribution in [3.63, 3.8) is 0 Å². The number of hydrogen-bond acceptors (Lipinski definition) is 4. The van der Waals surface area contributed by atoms with Crippen LogP contribution in [0.15, 0.2) is 47.4 Å². The van der Waals surface area contributed by atoms with Crippen molar-refractivity contribution < 1.29 is 31.1 Å². The van der Waals surface area contributed by atoms with Crippen molar-refractivity contribution >= 4 is 21.6 Å². The van der Waals surface area contributed by atoms with Gasteiger partial charge in [-0.2, -0.15) is 13.2 Å². The summed E-state index contributed by atoms with van der Waals surface area (Å²) < 4.78 is 67.0. The van der Waals surface area contributed by atoms with Crippen molar-refractivity contribution in [1.82, 2.24) is 0 Å². The van der Waals surface area contributed by atoms with Gasteiger partial charge in [-0.3, -0.25) is 4.79 Å². The summed E-state index contributed by atoms with van der Waals surface area (Å²) >= 11 is 0. The quantitative estimate of drug-likeness (QED) is 0.737. The fourth-order valence-corrected chi connectivity index (χ4v) is 4.32. The van der Waals surface area contributed by atoms with Crippen molar-refractivity contribution in [3.05, 3.63) is 53.6 Å². The average Bonchev–Trinajstić information content (AvgIpc) is 3.22. The number of carbonyl (C=O) groups is 1. The number of nitrogens with two attached hydrogens (primary N) is 1. The van der Waals surface area contributed by atoms with Crippen LogP contribution in [0.5, 0.6) is 5.75 Å². The Labute approximate surface area is 172 Å². The van der Waals surface area contributed by atoms with Gasteiger partial charge in [0.25, 0.3) is 0 Å². The minimum absolute atomic E-state index is 0.0422. The molecule has 30 heavy (non-hydrogen) atoms. The summed E-state index contributed by atoms with van der Waals surface area (Å²) in [6.45, 7) is 3.72. The molecule has 1 aliphatic carbocycles. The van der Waals surface area contributed by atoms with Gasteiger partial charge in [0.1, 0.15) is 5.75 Å². The lowest BCUT2D eigenvalue weighted by Gasteiger charge is -2.14. The van der Waals surface area contributed by atoms with Gasteiger partial charge in [0, 0.05) is 5.92 Å². The molecule has 0 aliphatic heterocycles. The molecule has 1 saturated carbocycles. The molecule has 0 aromatic heterocycles. The molecule has 6 nitrogen and oxygen atoms in total. The van der Waals surface area contributed by atoms with E-state index in [0.29, 0.717) is 0 Å². The van der Waals surface area contributed by atoms with Crippen molar-refractivity contribution in [1.29, 1.82) is 0 Å². The van der Waals surface area contributed by atoms with E-state index in [9.17, 15) is 26.4 Å². The van der Waals surface area contributed by atoms with E-state index in [1.54, 1.807) is 12.1 Å². The molecule has 2 aromatic rings. The third-order valence-corrected chi connectivity index (χ3v) is 6.39. The number of halogens is 3. The zero-order valence-electron chi connectivity index (χ0n) is 16.4. The van der Waals surface area contributed by atoms with Crippen LogP contribution in [0.3, 0.4) is 0 Å². The number of sulfonamides is 1. The van der Waals surface area contributed by atoms with Crippen LogP contribution in [0.1, 0.15) is 30.9 Å². The van der Waals surface area contributed by atoms with E-state index in [0.717, 1.165) is 23.8 Å². The zero-order chi connectivity index (χ0) is 22.5. The summed E-state index contributed by atoms with van der Waals surface area (Å²) in [5.74, 6) is -1.08. The summed E-state index contributed by atoms with van der Waals surface area (Å²) in [6, 6.07) is 8.77. The Hall–Kier alpha value is -2.59. The number of primary sulfonamides is 1. The zero-order valence-corrected chi connectivity index (χ0v) is 17.3. The van der Waals surface area contributed by atoms with E-state index in [1.165, 1.54) is 19.2 Å². The molecule has 1 amide bonds. The first-order chi connectivity index (χ1) is 13.8. The number of benzene rings is 2. The minimum atomic E-state index is -4.56. The summed E-state index contributed by atoms with van der Waals surface area (Å²) in [7, 11) is -2.53. The predicted molar refractivity (Wildman–Crippen MR) is 104 cm³/mol. The summed E-state index contributed by atoms with van der Waals surface area (Å²) in [5, 5.41) is 7.65. The number of ether oxygens (including phenoxy) is 1. The molecule has 3 rings (SSSR count). The van der Waals surface area contributed by atoms with Crippen LogP contribution < -0.4 is 15.2 Å². The topological polar surface area (TPSA) is 98.5 Å². The Morgan fingerprint density at radius 2 is 1.73 bits per heavy atom. The third kappa shape index (κ3) is 4.15. The minimum Gasteiger partial charge on any atom is -0.495 e. The number of rotatable bonds is 5. The van der Waals surface area contributed by atoms with Crippen LogP contribution in [-0.2, 0) is 21.0 Å². The van der Waals surface area contributed by atoms with Gasteiger partial charge in [-0.25, -0.2) is 13.6 Å². The van der Waals surface area contributed by atoms with E-state index in [-0.39, 0.29) is 22.3 Å². The molecule has 0 saturated heterocycles. The number of anilines is 1. The van der Waals surface area contributed by atoms with Gasteiger partial charge < -0.3 is 10.1 Å². The first-order valence-corrected chi connectivity index (χ1v) is 10.5. The lowest BCUT2D eigenvalue weighted by molar-refractivity contribution is -0.137. The Balaban J connectivity index is 1.84. The second-order valence-electron chi connectivity index (χ2n) is 7.79. The molecular weight excluding hydrogens is 421 g/mol. The standard InChI is InChI=1S/C20H21F3N2O4S/c1-19(2)16(11-4-7-13(8-5-11)30(24,27)28)17(19)18(26)25-14-10-12(20(21,22)23)6-9-15(14)29-3/h4-10,16-17H,1-3H3,(H,25,26)(H2,24,27,28). The van der Waals surface area contributed by atoms with Gasteiger partial charge in [0.15, 0.2) is 0 Å². The maximum atomic E-state index is 13.0. The summed E-state index contributed by atoms with van der Waals surface area (Å²) in [6.07, 6.45) is -4.56. The van der Waals surface area contributed by atoms with Crippen LogP contribution in [0.25, 0.3) is 0 Å². The van der Waals surface area contributed by atoms with Crippen LogP contribution in [-0.4, -0.2) is 21.4 Å². The molecule has 1 fully saturated rings. The molecule has 2 atom stereocenters. The highest BCUT2D eigenvalue weighted by Crippen LogP contribution is 2.64. The van der Waals surface area contributed by atoms with Crippen molar-refractivity contribution in [3.8, 4) is 5.75 Å². The second-order valence-corrected chi connectivity index (χ2v) is 9.35. The Kier molecular flexibility index (Phi) is 5.36. The lowest BCUT2D eigenvalue weighted by Crippen LogP contribution is -2.18. The molecule has 2 aromatic carbocycles. The number of methoxy groups -OCH3 is 1. The Morgan fingerprint density at radius 1 is 1.13 bits per heavy atom. The van der Waals surface area contributed by atoms with E-state index < -0.39 is 39.0 Å². The van der Waals surface area contributed by atoms with Gasteiger partial charge in [-0.05, 0) is 41.3 Å². The number of hydrogen-bond donors (Lipinski definition) is 2. The fraction of sp³-hybridized carbons (Fsp3) is 0.350. The van der Waals surface area contributed by atoms with E-state index in [1.807, 2.05) is 13.8 Å². The highest BCUT2D eigenvalue weighted by Gasteiger charge is 2.62. The summed E-state index contributed by atoms with van der Waals surface area (Å²) in [5.41, 5.74) is -0.696. The predicted octanol–water partition coefficient (Wildman–Crippen LogP) is 3.74. The molecule has 162 valence electrons. The highest BCUT2D eigenvalue weighted by molar-refractivity contribution is 7.89. The first-order valence-electron chi connectivity index (χ1n) is 8.95. The van der Waals surface area contributed by atoms with Gasteiger partial charge in [0.2, 0.25) is 15.9 Å². The highest BCUT2D eigenvalue weighted by atomic mass is 32.2. The largest absolute Gasteiger partial charge is 0.495 e. The maximum absolute atomic E-state index is 13.0. The van der Waals surface area contributed by atoms with Crippen LogP contribution in [0, 0.1) is 11.3 Å². The molecule has 1 aliphatic rings. The second kappa shape index (κ2) is 7.28. The van der Waals surface area contributed by atoms with Crippen molar-refractivity contribution in [2.75, 3.05) is 12.4 Å². The number of carbonyl (C=O) groups excluding carboxylic acids is 1. The lowest BCUT2D eigenvalue weighted by atomic mass is 10.0. The molecular formula is C20H21F3N2O4S. The monoisotopic (exact) mass is 442 g/mol. The maximum Gasteiger partial charge on any atom is 0.416 e. The SMILES string of the molecule is COc1ccc(C(F)(F)F)cc1NC(=O)C1C(c2ccc(S(N)(=O)=O)cc2)C1(C)C. The molecule has 10 heteroatoms. The Morgan fingerprint density at radius 3 is 2.23 bits per heavy atom. The van der Waals surface area contributed by atoms with Crippen LogP contribution in [0.4, 0.5) is 18.9 Å². The van der Waals surface area contributed by atoms with Gasteiger partial charge in [-0.1, -0.05) is 26.0 Å². The van der Waals surface area contributed by atoms with Crippen LogP contribution in [0.2, 0.25) is 0 Å². The number of amides is 1. The van der Waals surface area contributed by atoms with Crippen molar-refractivity contribution in [2.45, 2.75) is 30.8 Å². The average molecular weight is 442 g/mol. The van der Waals surface area contributed by atoms with Gasteiger partial charge in [0.05, 0.1) is 29.2 Å². The molecule has 3 N–H and O–H groups in total. The van der Waals surface area contributed by atoms with E-state index >= 15 is 0 Å². The van der Waals surface area contributed by atoms with Gasteiger partial charge >= 0.3 is 6.18 Å². The van der Waals surface area contributed by atoms with Crippen molar-refractivity contribution in [2.24, 2.45) is 16.5 Å². The molecule has 0 bridgehead atoms. The normalized spacial score (nSPS) is 20.5. The molecule has 0 heterocycles.